The van der Waals surface area contributed by atoms with Crippen LogP contribution in [0.15, 0.2) is 18.2 Å². The molecule has 1 saturated heterocycles. The molecule has 5 nitrogen and oxygen atoms in total. The average Bonchev–Trinajstić information content (AvgIpc) is 2.51. The summed E-state index contributed by atoms with van der Waals surface area (Å²) in [4.78, 5) is 25.7. The third-order valence-corrected chi connectivity index (χ3v) is 4.46. The van der Waals surface area contributed by atoms with E-state index in [9.17, 15) is 9.59 Å². The topological polar surface area (TPSA) is 72.6 Å². The lowest BCUT2D eigenvalue weighted by molar-refractivity contribution is -0.141. The smallest absolute Gasteiger partial charge is 0.252 e. The van der Waals surface area contributed by atoms with Crippen molar-refractivity contribution in [2.75, 3.05) is 19.7 Å². The van der Waals surface area contributed by atoms with Crippen molar-refractivity contribution in [2.24, 2.45) is 17.1 Å². The van der Waals surface area contributed by atoms with E-state index in [2.05, 4.69) is 0 Å². The second kappa shape index (κ2) is 7.43. The van der Waals surface area contributed by atoms with E-state index in [1.807, 2.05) is 25.7 Å². The molecule has 1 heterocycles. The minimum atomic E-state index is -0.535. The fourth-order valence-corrected chi connectivity index (χ4v) is 2.97. The largest absolute Gasteiger partial charge is 0.492 e. The number of rotatable bonds is 4. The molecule has 1 aromatic carbocycles. The number of nitrogens with zero attached hydrogens (tertiary/aromatic N) is 1. The van der Waals surface area contributed by atoms with E-state index in [1.54, 1.807) is 18.2 Å². The summed E-state index contributed by atoms with van der Waals surface area (Å²) in [5, 5.41) is 0.501. The molecule has 1 aliphatic heterocycles. The van der Waals surface area contributed by atoms with Crippen molar-refractivity contribution < 1.29 is 14.3 Å². The first-order chi connectivity index (χ1) is 11.2. The van der Waals surface area contributed by atoms with Gasteiger partial charge in [-0.05, 0) is 37.0 Å². The van der Waals surface area contributed by atoms with Crippen molar-refractivity contribution in [3.05, 3.63) is 28.8 Å². The highest BCUT2D eigenvalue weighted by Gasteiger charge is 2.30. The summed E-state index contributed by atoms with van der Waals surface area (Å²) in [5.74, 6) is 0.414. The molecule has 0 radical (unpaired) electrons. The van der Waals surface area contributed by atoms with Crippen molar-refractivity contribution in [3.63, 3.8) is 0 Å². The van der Waals surface area contributed by atoms with Crippen molar-refractivity contribution in [3.8, 4) is 5.75 Å². The number of hydrogen-bond acceptors (Lipinski definition) is 3. The molecular weight excluding hydrogens is 328 g/mol. The van der Waals surface area contributed by atoms with Crippen LogP contribution in [0.1, 0.15) is 44.0 Å². The summed E-state index contributed by atoms with van der Waals surface area (Å²) in [5.41, 5.74) is 5.35. The van der Waals surface area contributed by atoms with Gasteiger partial charge < -0.3 is 15.4 Å². The number of carbonyl (C=O) groups is 2. The van der Waals surface area contributed by atoms with E-state index in [4.69, 9.17) is 22.1 Å². The highest BCUT2D eigenvalue weighted by molar-refractivity contribution is 6.30. The minimum absolute atomic E-state index is 0.188. The number of likely N-dealkylation sites (tertiary alicyclic amines) is 1. The molecule has 1 aliphatic rings. The van der Waals surface area contributed by atoms with Crippen LogP contribution in [-0.2, 0) is 4.79 Å². The number of halogens is 1. The average molecular weight is 353 g/mol. The predicted octanol–water partition coefficient (Wildman–Crippen LogP) is 3.10. The Morgan fingerprint density at radius 2 is 1.92 bits per heavy atom. The second-order valence-electron chi connectivity index (χ2n) is 7.30. The number of amides is 2. The molecule has 1 fully saturated rings. The molecule has 6 heteroatoms. The zero-order valence-corrected chi connectivity index (χ0v) is 15.2. The number of carbonyl (C=O) groups excluding carboxylic acids is 2. The molecule has 24 heavy (non-hydrogen) atoms. The zero-order valence-electron chi connectivity index (χ0n) is 14.5. The molecule has 0 atom stereocenters. The molecule has 0 bridgehead atoms. The maximum absolute atomic E-state index is 12.3. The fraction of sp³-hybridized carbons (Fsp3) is 0.556. The summed E-state index contributed by atoms with van der Waals surface area (Å²) in [6.07, 6.45) is 1.77. The van der Waals surface area contributed by atoms with Crippen molar-refractivity contribution in [1.82, 2.24) is 4.90 Å². The van der Waals surface area contributed by atoms with E-state index in [1.165, 1.54) is 0 Å². The molecule has 0 unspecified atom stereocenters. The van der Waals surface area contributed by atoms with Crippen LogP contribution in [0.3, 0.4) is 0 Å². The fourth-order valence-electron chi connectivity index (χ4n) is 2.80. The first-order valence-corrected chi connectivity index (χ1v) is 8.58. The Morgan fingerprint density at radius 3 is 2.46 bits per heavy atom. The number of nitrogens with two attached hydrogens (primary N) is 1. The molecule has 1 aromatic rings. The summed E-state index contributed by atoms with van der Waals surface area (Å²) in [6, 6.07) is 4.80. The number of hydrogen-bond donors (Lipinski definition) is 1. The van der Waals surface area contributed by atoms with Gasteiger partial charge in [0.15, 0.2) is 0 Å². The number of piperidine rings is 1. The Hall–Kier alpha value is -1.75. The first kappa shape index (κ1) is 18.6. The third-order valence-electron chi connectivity index (χ3n) is 4.23. The molecule has 0 saturated carbocycles. The van der Waals surface area contributed by atoms with Crippen LogP contribution in [0.5, 0.6) is 5.75 Å². The van der Waals surface area contributed by atoms with Crippen molar-refractivity contribution >= 4 is 23.4 Å². The van der Waals surface area contributed by atoms with Crippen LogP contribution in [0, 0.1) is 11.3 Å². The first-order valence-electron chi connectivity index (χ1n) is 8.20. The third kappa shape index (κ3) is 4.63. The Labute approximate surface area is 148 Å². The van der Waals surface area contributed by atoms with Gasteiger partial charge in [0.2, 0.25) is 5.91 Å². The van der Waals surface area contributed by atoms with Crippen LogP contribution in [0.2, 0.25) is 5.02 Å². The number of primary amides is 1. The standard InChI is InChI=1S/C18H25ClN2O3/c1-18(2,3)17(23)21-8-6-12(7-9-21)11-24-15-10-13(19)4-5-14(15)16(20)22/h4-5,10,12H,6-9,11H2,1-3H3,(H2,20,22). The van der Waals surface area contributed by atoms with Crippen LogP contribution in [0.25, 0.3) is 0 Å². The highest BCUT2D eigenvalue weighted by atomic mass is 35.5. The second-order valence-corrected chi connectivity index (χ2v) is 7.74. The summed E-state index contributed by atoms with van der Waals surface area (Å²) in [7, 11) is 0. The Kier molecular flexibility index (Phi) is 5.75. The van der Waals surface area contributed by atoms with E-state index in [0.717, 1.165) is 25.9 Å². The quantitative estimate of drug-likeness (QED) is 0.904. The van der Waals surface area contributed by atoms with Gasteiger partial charge in [-0.1, -0.05) is 32.4 Å². The van der Waals surface area contributed by atoms with Gasteiger partial charge in [-0.15, -0.1) is 0 Å². The number of ether oxygens (including phenoxy) is 1. The van der Waals surface area contributed by atoms with E-state index < -0.39 is 5.91 Å². The van der Waals surface area contributed by atoms with Gasteiger partial charge in [0, 0.05) is 23.5 Å². The molecule has 2 rings (SSSR count). The lowest BCUT2D eigenvalue weighted by atomic mass is 9.91. The van der Waals surface area contributed by atoms with E-state index in [0.29, 0.717) is 28.9 Å². The van der Waals surface area contributed by atoms with Crippen molar-refractivity contribution in [1.29, 1.82) is 0 Å². The van der Waals surface area contributed by atoms with Crippen LogP contribution in [-0.4, -0.2) is 36.4 Å². The normalized spacial score (nSPS) is 16.1. The molecular formula is C18H25ClN2O3. The van der Waals surface area contributed by atoms with E-state index >= 15 is 0 Å². The predicted molar refractivity (Wildman–Crippen MR) is 94.2 cm³/mol. The Bertz CT molecular complexity index is 617. The lowest BCUT2D eigenvalue weighted by Crippen LogP contribution is -2.44. The minimum Gasteiger partial charge on any atom is -0.492 e. The Balaban J connectivity index is 1.91. The zero-order chi connectivity index (χ0) is 17.9. The van der Waals surface area contributed by atoms with Gasteiger partial charge in [-0.2, -0.15) is 0 Å². The molecule has 0 aromatic heterocycles. The van der Waals surface area contributed by atoms with Gasteiger partial charge in [-0.25, -0.2) is 0 Å². The Morgan fingerprint density at radius 1 is 1.29 bits per heavy atom. The van der Waals surface area contributed by atoms with Crippen LogP contribution >= 0.6 is 11.6 Å². The molecule has 0 aliphatic carbocycles. The van der Waals surface area contributed by atoms with Gasteiger partial charge in [0.25, 0.3) is 5.91 Å². The molecule has 2 amide bonds. The molecule has 0 spiro atoms. The van der Waals surface area contributed by atoms with Crippen LogP contribution < -0.4 is 10.5 Å². The molecule has 2 N–H and O–H groups in total. The maximum atomic E-state index is 12.3. The highest BCUT2D eigenvalue weighted by Crippen LogP contribution is 2.27. The summed E-state index contributed by atoms with van der Waals surface area (Å²) < 4.78 is 5.79. The van der Waals surface area contributed by atoms with Gasteiger partial charge in [-0.3, -0.25) is 9.59 Å². The summed E-state index contributed by atoms with van der Waals surface area (Å²) in [6.45, 7) is 7.78. The van der Waals surface area contributed by atoms with Crippen LogP contribution in [0.4, 0.5) is 0 Å². The maximum Gasteiger partial charge on any atom is 0.252 e. The lowest BCUT2D eigenvalue weighted by Gasteiger charge is -2.35. The monoisotopic (exact) mass is 352 g/mol. The van der Waals surface area contributed by atoms with Gasteiger partial charge in [0.1, 0.15) is 5.75 Å². The van der Waals surface area contributed by atoms with Gasteiger partial charge >= 0.3 is 0 Å². The molecule has 132 valence electrons. The van der Waals surface area contributed by atoms with Crippen molar-refractivity contribution in [2.45, 2.75) is 33.6 Å². The number of benzene rings is 1. The van der Waals surface area contributed by atoms with E-state index in [-0.39, 0.29) is 11.3 Å². The summed E-state index contributed by atoms with van der Waals surface area (Å²) >= 11 is 5.96. The van der Waals surface area contributed by atoms with Gasteiger partial charge in [0.05, 0.1) is 12.2 Å². The SMILES string of the molecule is CC(C)(C)C(=O)N1CCC(COc2cc(Cl)ccc2C(N)=O)CC1.